The average molecular weight is 435 g/mol. The van der Waals surface area contributed by atoms with E-state index in [9.17, 15) is 14.7 Å². The monoisotopic (exact) mass is 434 g/mol. The standard InChI is InChI=1S/C17H11BrN2O3S2/c18-12-6-4-11(5-7-12)15(22)19-20-16(23)14(25-17(20)24)9-10-2-1-3-13(21)8-10/h1-9,21H,(H,19,22)/b14-9-. The van der Waals surface area contributed by atoms with Crippen molar-refractivity contribution >= 4 is 62.1 Å². The van der Waals surface area contributed by atoms with Crippen LogP contribution in [0.2, 0.25) is 0 Å². The lowest BCUT2D eigenvalue weighted by molar-refractivity contribution is -0.123. The molecule has 1 saturated heterocycles. The van der Waals surface area contributed by atoms with Gasteiger partial charge in [0.25, 0.3) is 11.8 Å². The van der Waals surface area contributed by atoms with Crippen LogP contribution in [-0.2, 0) is 4.79 Å². The van der Waals surface area contributed by atoms with Crippen LogP contribution < -0.4 is 5.43 Å². The normalized spacial score (nSPS) is 15.7. The summed E-state index contributed by atoms with van der Waals surface area (Å²) in [5.41, 5.74) is 3.60. The number of phenols is 1. The van der Waals surface area contributed by atoms with Gasteiger partial charge in [0, 0.05) is 10.0 Å². The number of amides is 2. The van der Waals surface area contributed by atoms with Crippen molar-refractivity contribution in [3.05, 3.63) is 69.0 Å². The summed E-state index contributed by atoms with van der Waals surface area (Å²) in [7, 11) is 0. The lowest BCUT2D eigenvalue weighted by atomic mass is 10.2. The zero-order valence-electron chi connectivity index (χ0n) is 12.6. The molecule has 0 aromatic heterocycles. The van der Waals surface area contributed by atoms with Gasteiger partial charge in [0.1, 0.15) is 5.75 Å². The number of carbonyl (C=O) groups is 2. The molecule has 5 nitrogen and oxygen atoms in total. The maximum Gasteiger partial charge on any atom is 0.285 e. The number of nitrogens with zero attached hydrogens (tertiary/aromatic N) is 1. The van der Waals surface area contributed by atoms with E-state index in [-0.39, 0.29) is 10.1 Å². The van der Waals surface area contributed by atoms with Crippen LogP contribution in [0, 0.1) is 0 Å². The molecule has 1 aliphatic heterocycles. The minimum absolute atomic E-state index is 0.104. The molecule has 0 radical (unpaired) electrons. The van der Waals surface area contributed by atoms with E-state index >= 15 is 0 Å². The number of phenolic OH excluding ortho intramolecular Hbond substituents is 1. The van der Waals surface area contributed by atoms with Crippen LogP contribution in [-0.4, -0.2) is 26.3 Å². The number of hydrogen-bond donors (Lipinski definition) is 2. The number of thioether (sulfide) groups is 1. The van der Waals surface area contributed by atoms with Gasteiger partial charge in [-0.15, -0.1) is 0 Å². The predicted octanol–water partition coefficient (Wildman–Crippen LogP) is 3.70. The van der Waals surface area contributed by atoms with Gasteiger partial charge in [-0.25, -0.2) is 0 Å². The van der Waals surface area contributed by atoms with Crippen LogP contribution in [0.4, 0.5) is 0 Å². The van der Waals surface area contributed by atoms with Crippen LogP contribution in [0.15, 0.2) is 57.9 Å². The minimum atomic E-state index is -0.428. The first-order chi connectivity index (χ1) is 11.9. The zero-order valence-corrected chi connectivity index (χ0v) is 15.8. The number of thiocarbonyl (C=S) groups is 1. The van der Waals surface area contributed by atoms with Crippen molar-refractivity contribution in [2.24, 2.45) is 0 Å². The summed E-state index contributed by atoms with van der Waals surface area (Å²) >= 11 is 9.57. The molecular formula is C17H11BrN2O3S2. The average Bonchev–Trinajstić information content (AvgIpc) is 2.83. The lowest BCUT2D eigenvalue weighted by Gasteiger charge is -2.15. The Morgan fingerprint density at radius 2 is 1.96 bits per heavy atom. The van der Waals surface area contributed by atoms with Crippen molar-refractivity contribution < 1.29 is 14.7 Å². The Morgan fingerprint density at radius 1 is 1.24 bits per heavy atom. The Balaban J connectivity index is 1.77. The fourth-order valence-corrected chi connectivity index (χ4v) is 3.54. The van der Waals surface area contributed by atoms with E-state index in [1.165, 1.54) is 6.07 Å². The molecule has 0 aliphatic carbocycles. The molecule has 0 bridgehead atoms. The van der Waals surface area contributed by atoms with E-state index in [4.69, 9.17) is 12.2 Å². The van der Waals surface area contributed by atoms with Gasteiger partial charge in [-0.3, -0.25) is 15.0 Å². The summed E-state index contributed by atoms with van der Waals surface area (Å²) in [4.78, 5) is 25.1. The Morgan fingerprint density at radius 3 is 2.64 bits per heavy atom. The quantitative estimate of drug-likeness (QED) is 0.569. The Kier molecular flexibility index (Phi) is 5.22. The molecule has 0 spiro atoms. The summed E-state index contributed by atoms with van der Waals surface area (Å²) in [6.07, 6.45) is 1.62. The summed E-state index contributed by atoms with van der Waals surface area (Å²) in [6, 6.07) is 13.3. The second kappa shape index (κ2) is 7.38. The molecule has 3 rings (SSSR count). The van der Waals surface area contributed by atoms with Crippen molar-refractivity contribution in [1.29, 1.82) is 0 Å². The van der Waals surface area contributed by atoms with E-state index in [0.717, 1.165) is 21.2 Å². The molecule has 126 valence electrons. The predicted molar refractivity (Wildman–Crippen MR) is 105 cm³/mol. The number of aromatic hydroxyl groups is 1. The molecule has 2 aromatic carbocycles. The van der Waals surface area contributed by atoms with Gasteiger partial charge in [-0.1, -0.05) is 39.8 Å². The van der Waals surface area contributed by atoms with Crippen LogP contribution >= 0.6 is 39.9 Å². The number of rotatable bonds is 3. The second-order valence-electron chi connectivity index (χ2n) is 5.06. The zero-order chi connectivity index (χ0) is 18.0. The molecule has 25 heavy (non-hydrogen) atoms. The third-order valence-electron chi connectivity index (χ3n) is 3.28. The Bertz CT molecular complexity index is 897. The van der Waals surface area contributed by atoms with Gasteiger partial charge in [0.2, 0.25) is 0 Å². The molecule has 2 N–H and O–H groups in total. The number of hydrogen-bond acceptors (Lipinski definition) is 5. The first-order valence-corrected chi connectivity index (χ1v) is 9.09. The molecular weight excluding hydrogens is 424 g/mol. The molecule has 2 amide bonds. The molecule has 2 aromatic rings. The van der Waals surface area contributed by atoms with Crippen molar-refractivity contribution in [2.45, 2.75) is 0 Å². The third-order valence-corrected chi connectivity index (χ3v) is 5.11. The number of carbonyl (C=O) groups excluding carboxylic acids is 2. The highest BCUT2D eigenvalue weighted by Crippen LogP contribution is 2.31. The third kappa shape index (κ3) is 4.09. The van der Waals surface area contributed by atoms with Crippen molar-refractivity contribution in [2.75, 3.05) is 0 Å². The fraction of sp³-hybridized carbons (Fsp3) is 0. The van der Waals surface area contributed by atoms with Crippen molar-refractivity contribution in [3.8, 4) is 5.75 Å². The molecule has 0 saturated carbocycles. The van der Waals surface area contributed by atoms with Crippen LogP contribution in [0.5, 0.6) is 5.75 Å². The summed E-state index contributed by atoms with van der Waals surface area (Å²) < 4.78 is 1.09. The first kappa shape index (κ1) is 17.7. The molecule has 1 fully saturated rings. The van der Waals surface area contributed by atoms with Crippen LogP contribution in [0.3, 0.4) is 0 Å². The van der Waals surface area contributed by atoms with Crippen molar-refractivity contribution in [3.63, 3.8) is 0 Å². The Labute approximate surface area is 161 Å². The fourth-order valence-electron chi connectivity index (χ4n) is 2.10. The van der Waals surface area contributed by atoms with Crippen LogP contribution in [0.25, 0.3) is 6.08 Å². The highest BCUT2D eigenvalue weighted by molar-refractivity contribution is 9.10. The van der Waals surface area contributed by atoms with Gasteiger partial charge < -0.3 is 5.11 Å². The molecule has 8 heteroatoms. The number of halogens is 1. The Hall–Kier alpha value is -2.16. The summed E-state index contributed by atoms with van der Waals surface area (Å²) in [5.74, 6) is -0.737. The second-order valence-corrected chi connectivity index (χ2v) is 7.65. The van der Waals surface area contributed by atoms with Gasteiger partial charge in [-0.2, -0.15) is 5.01 Å². The maximum absolute atomic E-state index is 12.5. The van der Waals surface area contributed by atoms with E-state index in [1.807, 2.05) is 0 Å². The number of hydrazine groups is 1. The summed E-state index contributed by atoms with van der Waals surface area (Å²) in [6.45, 7) is 0. The van der Waals surface area contributed by atoms with Gasteiger partial charge in [0.05, 0.1) is 4.91 Å². The van der Waals surface area contributed by atoms with E-state index in [1.54, 1.807) is 48.5 Å². The van der Waals surface area contributed by atoms with Crippen LogP contribution in [0.1, 0.15) is 15.9 Å². The van der Waals surface area contributed by atoms with E-state index in [2.05, 4.69) is 21.4 Å². The lowest BCUT2D eigenvalue weighted by Crippen LogP contribution is -2.44. The molecule has 0 unspecified atom stereocenters. The first-order valence-electron chi connectivity index (χ1n) is 7.07. The van der Waals surface area contributed by atoms with E-state index < -0.39 is 11.8 Å². The highest BCUT2D eigenvalue weighted by atomic mass is 79.9. The maximum atomic E-state index is 12.5. The topological polar surface area (TPSA) is 69.6 Å². The SMILES string of the molecule is O=C(NN1C(=O)/C(=C/c2cccc(O)c2)SC1=S)c1ccc(Br)cc1. The molecule has 0 atom stereocenters. The number of nitrogens with one attached hydrogen (secondary N) is 1. The minimum Gasteiger partial charge on any atom is -0.508 e. The highest BCUT2D eigenvalue weighted by Gasteiger charge is 2.33. The van der Waals surface area contributed by atoms with Gasteiger partial charge >= 0.3 is 0 Å². The summed E-state index contributed by atoms with van der Waals surface area (Å²) in [5, 5.41) is 10.6. The van der Waals surface area contributed by atoms with E-state index in [0.29, 0.717) is 16.0 Å². The largest absolute Gasteiger partial charge is 0.508 e. The number of benzene rings is 2. The van der Waals surface area contributed by atoms with Gasteiger partial charge in [-0.05, 0) is 60.3 Å². The van der Waals surface area contributed by atoms with Gasteiger partial charge in [0.15, 0.2) is 4.32 Å². The van der Waals surface area contributed by atoms with Crippen molar-refractivity contribution in [1.82, 2.24) is 10.4 Å². The molecule has 1 aliphatic rings. The molecule has 1 heterocycles. The smallest absolute Gasteiger partial charge is 0.285 e.